The zero-order valence-electron chi connectivity index (χ0n) is 14.7. The molecule has 5 nitrogen and oxygen atoms in total. The molecule has 2 rings (SSSR count). The van der Waals surface area contributed by atoms with Gasteiger partial charge in [-0.2, -0.15) is 4.98 Å². The molecule has 1 aromatic carbocycles. The van der Waals surface area contributed by atoms with E-state index < -0.39 is 5.60 Å². The van der Waals surface area contributed by atoms with Crippen LogP contribution in [0.4, 0.5) is 0 Å². The molecule has 1 atom stereocenters. The van der Waals surface area contributed by atoms with Crippen LogP contribution in [0.3, 0.4) is 0 Å². The summed E-state index contributed by atoms with van der Waals surface area (Å²) in [5.74, 6) is 1.31. The Hall–Kier alpha value is -1.72. The van der Waals surface area contributed by atoms with E-state index in [1.165, 1.54) is 11.1 Å². The Kier molecular flexibility index (Phi) is 5.55. The Bertz CT molecular complexity index is 614. The average molecular weight is 317 g/mol. The molecule has 0 saturated heterocycles. The van der Waals surface area contributed by atoms with Gasteiger partial charge in [-0.25, -0.2) is 0 Å². The van der Waals surface area contributed by atoms with Crippen LogP contribution < -0.4 is 0 Å². The highest BCUT2D eigenvalue weighted by Crippen LogP contribution is 2.20. The molecule has 126 valence electrons. The molecule has 0 fully saturated rings. The fourth-order valence-corrected chi connectivity index (χ4v) is 2.36. The monoisotopic (exact) mass is 317 g/mol. The Morgan fingerprint density at radius 3 is 2.35 bits per heavy atom. The average Bonchev–Trinajstić information content (AvgIpc) is 2.91. The van der Waals surface area contributed by atoms with Gasteiger partial charge in [0.1, 0.15) is 0 Å². The first-order valence-corrected chi connectivity index (χ1v) is 8.05. The van der Waals surface area contributed by atoms with Gasteiger partial charge in [-0.15, -0.1) is 0 Å². The van der Waals surface area contributed by atoms with E-state index in [1.54, 1.807) is 0 Å². The minimum Gasteiger partial charge on any atom is -0.390 e. The minimum absolute atomic E-state index is 0.0751. The van der Waals surface area contributed by atoms with Gasteiger partial charge in [-0.05, 0) is 58.7 Å². The van der Waals surface area contributed by atoms with Gasteiger partial charge >= 0.3 is 0 Å². The standard InChI is InChI=1S/C18H27N3O2/c1-13(17-19-14(2)20-23-17)21(5)12-16-8-6-15(7-9-16)10-11-18(3,4)22/h6-9,13,22H,10-12H2,1-5H3. The highest BCUT2D eigenvalue weighted by Gasteiger charge is 2.18. The lowest BCUT2D eigenvalue weighted by atomic mass is 9.98. The number of hydrogen-bond acceptors (Lipinski definition) is 5. The molecule has 5 heteroatoms. The maximum Gasteiger partial charge on any atom is 0.243 e. The van der Waals surface area contributed by atoms with Gasteiger partial charge in [-0.3, -0.25) is 4.90 Å². The number of aliphatic hydroxyl groups is 1. The number of aryl methyl sites for hydroxylation is 2. The van der Waals surface area contributed by atoms with Crippen molar-refractivity contribution in [2.45, 2.75) is 58.7 Å². The van der Waals surface area contributed by atoms with Crippen molar-refractivity contribution in [3.63, 3.8) is 0 Å². The second kappa shape index (κ2) is 7.23. The van der Waals surface area contributed by atoms with E-state index in [1.807, 2.05) is 27.8 Å². The largest absolute Gasteiger partial charge is 0.390 e. The molecule has 0 saturated carbocycles. The Morgan fingerprint density at radius 1 is 1.22 bits per heavy atom. The topological polar surface area (TPSA) is 62.4 Å². The van der Waals surface area contributed by atoms with Gasteiger partial charge in [0.05, 0.1) is 11.6 Å². The Labute approximate surface area is 138 Å². The van der Waals surface area contributed by atoms with Crippen LogP contribution in [-0.4, -0.2) is 32.8 Å². The smallest absolute Gasteiger partial charge is 0.243 e. The minimum atomic E-state index is -0.615. The van der Waals surface area contributed by atoms with Crippen LogP contribution >= 0.6 is 0 Å². The van der Waals surface area contributed by atoms with Gasteiger partial charge in [-0.1, -0.05) is 29.4 Å². The lowest BCUT2D eigenvalue weighted by Gasteiger charge is -2.22. The highest BCUT2D eigenvalue weighted by atomic mass is 16.5. The second-order valence-corrected chi connectivity index (χ2v) is 6.90. The molecule has 2 aromatic rings. The second-order valence-electron chi connectivity index (χ2n) is 6.90. The van der Waals surface area contributed by atoms with Crippen LogP contribution in [-0.2, 0) is 13.0 Å². The molecule has 0 radical (unpaired) electrons. The van der Waals surface area contributed by atoms with Crippen molar-refractivity contribution < 1.29 is 9.63 Å². The summed E-state index contributed by atoms with van der Waals surface area (Å²) >= 11 is 0. The first kappa shape index (κ1) is 17.6. The third kappa shape index (κ3) is 5.44. The van der Waals surface area contributed by atoms with E-state index in [9.17, 15) is 5.11 Å². The van der Waals surface area contributed by atoms with Crippen LogP contribution in [0.15, 0.2) is 28.8 Å². The summed E-state index contributed by atoms with van der Waals surface area (Å²) in [6, 6.07) is 8.63. The predicted molar refractivity (Wildman–Crippen MR) is 90.0 cm³/mol. The molecular weight excluding hydrogens is 290 g/mol. The van der Waals surface area contributed by atoms with Crippen molar-refractivity contribution in [2.24, 2.45) is 0 Å². The van der Waals surface area contributed by atoms with Crippen LogP contribution in [0.2, 0.25) is 0 Å². The number of benzene rings is 1. The maximum absolute atomic E-state index is 9.80. The van der Waals surface area contributed by atoms with E-state index >= 15 is 0 Å². The fourth-order valence-electron chi connectivity index (χ4n) is 2.36. The zero-order chi connectivity index (χ0) is 17.0. The molecule has 0 aliphatic rings. The summed E-state index contributed by atoms with van der Waals surface area (Å²) in [5, 5.41) is 13.6. The molecule has 0 bridgehead atoms. The van der Waals surface area contributed by atoms with Crippen molar-refractivity contribution >= 4 is 0 Å². The first-order chi connectivity index (χ1) is 10.7. The van der Waals surface area contributed by atoms with Crippen molar-refractivity contribution in [1.29, 1.82) is 0 Å². The highest BCUT2D eigenvalue weighted by molar-refractivity contribution is 5.23. The van der Waals surface area contributed by atoms with Gasteiger partial charge in [0.25, 0.3) is 0 Å². The van der Waals surface area contributed by atoms with Crippen molar-refractivity contribution in [1.82, 2.24) is 15.0 Å². The quantitative estimate of drug-likeness (QED) is 0.849. The van der Waals surface area contributed by atoms with Crippen LogP contribution in [0.5, 0.6) is 0 Å². The van der Waals surface area contributed by atoms with Gasteiger partial charge in [0.2, 0.25) is 5.89 Å². The maximum atomic E-state index is 9.80. The van der Waals surface area contributed by atoms with Gasteiger partial charge in [0.15, 0.2) is 5.82 Å². The molecular formula is C18H27N3O2. The zero-order valence-corrected chi connectivity index (χ0v) is 14.7. The van der Waals surface area contributed by atoms with Crippen molar-refractivity contribution in [3.05, 3.63) is 47.1 Å². The molecule has 0 amide bonds. The summed E-state index contributed by atoms with van der Waals surface area (Å²) in [5.41, 5.74) is 1.87. The Balaban J connectivity index is 1.92. The molecule has 1 unspecified atom stereocenters. The molecule has 1 aromatic heterocycles. The lowest BCUT2D eigenvalue weighted by molar-refractivity contribution is 0.0714. The summed E-state index contributed by atoms with van der Waals surface area (Å²) in [7, 11) is 2.05. The summed E-state index contributed by atoms with van der Waals surface area (Å²) in [4.78, 5) is 6.47. The van der Waals surface area contributed by atoms with Crippen molar-refractivity contribution in [3.8, 4) is 0 Å². The van der Waals surface area contributed by atoms with E-state index in [-0.39, 0.29) is 6.04 Å². The Morgan fingerprint density at radius 2 is 1.83 bits per heavy atom. The number of nitrogens with zero attached hydrogens (tertiary/aromatic N) is 3. The van der Waals surface area contributed by atoms with E-state index in [4.69, 9.17) is 4.52 Å². The summed E-state index contributed by atoms with van der Waals surface area (Å²) in [6.07, 6.45) is 1.65. The fraction of sp³-hybridized carbons (Fsp3) is 0.556. The van der Waals surface area contributed by atoms with E-state index in [2.05, 4.69) is 46.2 Å². The van der Waals surface area contributed by atoms with Crippen LogP contribution in [0.1, 0.15) is 56.1 Å². The van der Waals surface area contributed by atoms with E-state index in [0.717, 1.165) is 19.4 Å². The van der Waals surface area contributed by atoms with E-state index in [0.29, 0.717) is 11.7 Å². The predicted octanol–water partition coefficient (Wildman–Crippen LogP) is 3.27. The third-order valence-electron chi connectivity index (χ3n) is 4.04. The normalized spacial score (nSPS) is 13.5. The number of hydrogen-bond donors (Lipinski definition) is 1. The number of rotatable bonds is 7. The summed E-state index contributed by atoms with van der Waals surface area (Å²) < 4.78 is 5.24. The van der Waals surface area contributed by atoms with Crippen LogP contribution in [0, 0.1) is 6.92 Å². The lowest BCUT2D eigenvalue weighted by Crippen LogP contribution is -2.22. The van der Waals surface area contributed by atoms with Crippen molar-refractivity contribution in [2.75, 3.05) is 7.05 Å². The van der Waals surface area contributed by atoms with Gasteiger partial charge in [0, 0.05) is 6.54 Å². The first-order valence-electron chi connectivity index (χ1n) is 8.05. The molecule has 1 N–H and O–H groups in total. The summed E-state index contributed by atoms with van der Waals surface area (Å²) in [6.45, 7) is 8.39. The van der Waals surface area contributed by atoms with Crippen LogP contribution in [0.25, 0.3) is 0 Å². The third-order valence-corrected chi connectivity index (χ3v) is 4.04. The molecule has 1 heterocycles. The SMILES string of the molecule is Cc1noc(C(C)N(C)Cc2ccc(CCC(C)(C)O)cc2)n1. The molecule has 0 aliphatic heterocycles. The number of aromatic nitrogens is 2. The van der Waals surface area contributed by atoms with Gasteiger partial charge < -0.3 is 9.63 Å². The molecule has 0 aliphatic carbocycles. The molecule has 23 heavy (non-hydrogen) atoms. The molecule has 0 spiro atoms.